The zero-order chi connectivity index (χ0) is 33.0. The van der Waals surface area contributed by atoms with Crippen molar-refractivity contribution >= 4 is 71.4 Å². The molecule has 0 saturated carbocycles. The highest BCUT2D eigenvalue weighted by molar-refractivity contribution is 6.17. The Hall–Kier alpha value is -6.78. The largest absolute Gasteiger partial charge is 0.455 e. The van der Waals surface area contributed by atoms with Crippen molar-refractivity contribution in [3.05, 3.63) is 176 Å². The number of anilines is 3. The van der Waals surface area contributed by atoms with Crippen molar-refractivity contribution in [2.75, 3.05) is 4.90 Å². The van der Waals surface area contributed by atoms with Gasteiger partial charge in [0.15, 0.2) is 5.82 Å². The minimum absolute atomic E-state index is 0.626. The van der Waals surface area contributed by atoms with Crippen molar-refractivity contribution < 1.29 is 4.42 Å². The van der Waals surface area contributed by atoms with Gasteiger partial charge in [-0.3, -0.25) is 0 Å². The molecule has 0 atom stereocenters. The lowest BCUT2D eigenvalue weighted by atomic mass is 10.0. The average Bonchev–Trinajstić information content (AvgIpc) is 3.58. The van der Waals surface area contributed by atoms with Gasteiger partial charge in [0.25, 0.3) is 0 Å². The van der Waals surface area contributed by atoms with E-state index in [0.717, 1.165) is 66.7 Å². The lowest BCUT2D eigenvalue weighted by Gasteiger charge is -2.27. The molecule has 0 N–H and O–H groups in total. The molecule has 4 heteroatoms. The fourth-order valence-electron chi connectivity index (χ4n) is 7.25. The number of aromatic nitrogens is 2. The molecule has 0 bridgehead atoms. The third-order valence-electron chi connectivity index (χ3n) is 9.62. The highest BCUT2D eigenvalue weighted by Gasteiger charge is 2.24. The van der Waals surface area contributed by atoms with Crippen LogP contribution in [0.2, 0.25) is 0 Å². The Balaban J connectivity index is 1.27. The second kappa shape index (κ2) is 11.4. The van der Waals surface area contributed by atoms with E-state index < -0.39 is 0 Å². The highest BCUT2D eigenvalue weighted by atomic mass is 16.3. The first-order valence-electron chi connectivity index (χ1n) is 16.8. The van der Waals surface area contributed by atoms with E-state index in [1.165, 1.54) is 21.5 Å². The molecule has 4 nitrogen and oxygen atoms in total. The van der Waals surface area contributed by atoms with E-state index in [2.05, 4.69) is 138 Å². The Morgan fingerprint density at radius 1 is 0.460 bits per heavy atom. The van der Waals surface area contributed by atoms with E-state index in [4.69, 9.17) is 14.4 Å². The molecular weight excluding hydrogens is 611 g/mol. The summed E-state index contributed by atoms with van der Waals surface area (Å²) in [5.41, 5.74) is 8.39. The van der Waals surface area contributed by atoms with Crippen LogP contribution >= 0.6 is 0 Å². The molecule has 0 fully saturated rings. The van der Waals surface area contributed by atoms with Crippen LogP contribution in [0.5, 0.6) is 0 Å². The van der Waals surface area contributed by atoms with Gasteiger partial charge in [-0.2, -0.15) is 0 Å². The topological polar surface area (TPSA) is 42.2 Å². The first-order chi connectivity index (χ1) is 24.8. The third kappa shape index (κ3) is 4.61. The highest BCUT2D eigenvalue weighted by Crippen LogP contribution is 2.46. The number of hydrogen-bond donors (Lipinski definition) is 0. The quantitative estimate of drug-likeness (QED) is 0.188. The van der Waals surface area contributed by atoms with Crippen LogP contribution < -0.4 is 4.90 Å². The molecule has 0 unspecified atom stereocenters. The summed E-state index contributed by atoms with van der Waals surface area (Å²) in [7, 11) is 0. The molecule has 2 aromatic heterocycles. The molecule has 0 amide bonds. The van der Waals surface area contributed by atoms with E-state index in [1.807, 2.05) is 42.5 Å². The van der Waals surface area contributed by atoms with Crippen molar-refractivity contribution in [2.45, 2.75) is 0 Å². The van der Waals surface area contributed by atoms with Gasteiger partial charge in [-0.05, 0) is 70.1 Å². The maximum atomic E-state index is 6.79. The minimum atomic E-state index is 0.626. The molecule has 0 aliphatic carbocycles. The van der Waals surface area contributed by atoms with E-state index in [0.29, 0.717) is 5.82 Å². The predicted molar refractivity (Wildman–Crippen MR) is 207 cm³/mol. The standard InChI is InChI=1S/C46H29N3O/c1-2-14-32(15-3-1)44-37-18-8-10-20-40(37)47-46(48-44)39-26-27-41(43-38-19-9-11-21-42(38)50-45(39)43)49(35-24-22-30-12-4-6-16-33(30)28-35)36-25-23-31-13-5-7-17-34(31)29-36/h1-29H. The molecule has 8 aromatic carbocycles. The summed E-state index contributed by atoms with van der Waals surface area (Å²) in [5, 5.41) is 7.82. The van der Waals surface area contributed by atoms with Crippen LogP contribution in [0.1, 0.15) is 0 Å². The van der Waals surface area contributed by atoms with Gasteiger partial charge in [0.05, 0.1) is 27.8 Å². The smallest absolute Gasteiger partial charge is 0.164 e. The molecule has 0 aliphatic heterocycles. The van der Waals surface area contributed by atoms with Gasteiger partial charge in [0.1, 0.15) is 11.2 Å². The number of rotatable bonds is 5. The number of nitrogens with zero attached hydrogens (tertiary/aromatic N) is 3. The predicted octanol–water partition coefficient (Wildman–Crippen LogP) is 12.6. The second-order valence-corrected chi connectivity index (χ2v) is 12.6. The maximum Gasteiger partial charge on any atom is 0.164 e. The first kappa shape index (κ1) is 28.3. The Kier molecular flexibility index (Phi) is 6.46. The molecule has 2 heterocycles. The van der Waals surface area contributed by atoms with Crippen LogP contribution in [0.25, 0.3) is 77.0 Å². The van der Waals surface area contributed by atoms with E-state index in [-0.39, 0.29) is 0 Å². The summed E-state index contributed by atoms with van der Waals surface area (Å²) in [5.74, 6) is 0.626. The average molecular weight is 640 g/mol. The molecule has 234 valence electrons. The van der Waals surface area contributed by atoms with Gasteiger partial charge in [0.2, 0.25) is 0 Å². The molecular formula is C46H29N3O. The van der Waals surface area contributed by atoms with Crippen molar-refractivity contribution in [2.24, 2.45) is 0 Å². The zero-order valence-corrected chi connectivity index (χ0v) is 27.0. The molecule has 0 aliphatic rings. The summed E-state index contributed by atoms with van der Waals surface area (Å²) >= 11 is 0. The van der Waals surface area contributed by atoms with Gasteiger partial charge >= 0.3 is 0 Å². The van der Waals surface area contributed by atoms with Gasteiger partial charge in [-0.25, -0.2) is 9.97 Å². The molecule has 0 radical (unpaired) electrons. The van der Waals surface area contributed by atoms with E-state index in [9.17, 15) is 0 Å². The summed E-state index contributed by atoms with van der Waals surface area (Å²) in [6, 6.07) is 61.5. The normalized spacial score (nSPS) is 11.6. The fourth-order valence-corrected chi connectivity index (χ4v) is 7.25. The Morgan fingerprint density at radius 3 is 1.78 bits per heavy atom. The van der Waals surface area contributed by atoms with Gasteiger partial charge in [-0.1, -0.05) is 127 Å². The van der Waals surface area contributed by atoms with Crippen LogP contribution in [0.3, 0.4) is 0 Å². The van der Waals surface area contributed by atoms with Gasteiger partial charge in [0, 0.05) is 27.7 Å². The SMILES string of the molecule is c1ccc(-c2nc(-c3ccc(N(c4ccc5ccccc5c4)c4ccc5ccccc5c4)c4c3oc3ccccc34)nc3ccccc23)cc1. The van der Waals surface area contributed by atoms with Crippen molar-refractivity contribution in [1.82, 2.24) is 9.97 Å². The fraction of sp³-hybridized carbons (Fsp3) is 0. The monoisotopic (exact) mass is 639 g/mol. The summed E-state index contributed by atoms with van der Waals surface area (Å²) in [6.45, 7) is 0. The number of fused-ring (bicyclic) bond motifs is 6. The van der Waals surface area contributed by atoms with Crippen LogP contribution in [0.15, 0.2) is 180 Å². The van der Waals surface area contributed by atoms with Crippen molar-refractivity contribution in [3.8, 4) is 22.6 Å². The molecule has 0 spiro atoms. The van der Waals surface area contributed by atoms with E-state index in [1.54, 1.807) is 0 Å². The molecule has 0 saturated heterocycles. The summed E-state index contributed by atoms with van der Waals surface area (Å²) in [4.78, 5) is 12.7. The number of benzene rings is 8. The second-order valence-electron chi connectivity index (χ2n) is 12.6. The van der Waals surface area contributed by atoms with Crippen molar-refractivity contribution in [1.29, 1.82) is 0 Å². The first-order valence-corrected chi connectivity index (χ1v) is 16.8. The van der Waals surface area contributed by atoms with Crippen molar-refractivity contribution in [3.63, 3.8) is 0 Å². The van der Waals surface area contributed by atoms with E-state index >= 15 is 0 Å². The van der Waals surface area contributed by atoms with Crippen LogP contribution in [-0.2, 0) is 0 Å². The van der Waals surface area contributed by atoms with Crippen LogP contribution in [0.4, 0.5) is 17.1 Å². The molecule has 10 rings (SSSR count). The van der Waals surface area contributed by atoms with Gasteiger partial charge in [-0.15, -0.1) is 0 Å². The Bertz CT molecular complexity index is 2810. The summed E-state index contributed by atoms with van der Waals surface area (Å²) in [6.07, 6.45) is 0. The number of furan rings is 1. The Morgan fingerprint density at radius 2 is 1.06 bits per heavy atom. The van der Waals surface area contributed by atoms with Crippen LogP contribution in [0, 0.1) is 0 Å². The Labute approximate surface area is 288 Å². The lowest BCUT2D eigenvalue weighted by Crippen LogP contribution is -2.10. The number of hydrogen-bond acceptors (Lipinski definition) is 4. The zero-order valence-electron chi connectivity index (χ0n) is 27.0. The third-order valence-corrected chi connectivity index (χ3v) is 9.62. The maximum absolute atomic E-state index is 6.79. The van der Waals surface area contributed by atoms with Crippen LogP contribution in [-0.4, -0.2) is 9.97 Å². The lowest BCUT2D eigenvalue weighted by molar-refractivity contribution is 0.669. The van der Waals surface area contributed by atoms with Gasteiger partial charge < -0.3 is 9.32 Å². The molecule has 50 heavy (non-hydrogen) atoms. The molecule has 10 aromatic rings. The number of para-hydroxylation sites is 2. The summed E-state index contributed by atoms with van der Waals surface area (Å²) < 4.78 is 6.79. The minimum Gasteiger partial charge on any atom is -0.455 e.